The lowest BCUT2D eigenvalue weighted by molar-refractivity contribution is 0.312. The molecule has 36 heavy (non-hydrogen) atoms. The Kier molecular flexibility index (Phi) is 6.42. The largest absolute Gasteiger partial charge is 0.494 e. The Morgan fingerprint density at radius 1 is 0.972 bits per heavy atom. The molecule has 2 aromatic carbocycles. The molecule has 0 atom stereocenters. The van der Waals surface area contributed by atoms with Crippen LogP contribution >= 0.6 is 0 Å². The van der Waals surface area contributed by atoms with E-state index in [1.807, 2.05) is 18.2 Å². The van der Waals surface area contributed by atoms with Gasteiger partial charge in [0.05, 0.1) is 28.9 Å². The smallest absolute Gasteiger partial charge is 0.229 e. The van der Waals surface area contributed by atoms with Gasteiger partial charge >= 0.3 is 0 Å². The second kappa shape index (κ2) is 9.67. The van der Waals surface area contributed by atoms with E-state index in [0.29, 0.717) is 34.2 Å². The van der Waals surface area contributed by atoms with E-state index in [1.54, 1.807) is 37.6 Å². The molecule has 0 bridgehead atoms. The van der Waals surface area contributed by atoms with Crippen LogP contribution in [0.1, 0.15) is 0 Å². The van der Waals surface area contributed by atoms with E-state index >= 15 is 0 Å². The second-order valence-electron chi connectivity index (χ2n) is 8.83. The van der Waals surface area contributed by atoms with E-state index in [9.17, 15) is 8.42 Å². The maximum absolute atomic E-state index is 12.3. The zero-order valence-corrected chi connectivity index (χ0v) is 21.3. The molecule has 0 spiro atoms. The van der Waals surface area contributed by atoms with Crippen LogP contribution in [0.25, 0.3) is 11.0 Å². The Morgan fingerprint density at radius 3 is 2.50 bits per heavy atom. The number of sulfone groups is 1. The van der Waals surface area contributed by atoms with Gasteiger partial charge in [-0.05, 0) is 37.4 Å². The number of piperazine rings is 1. The lowest BCUT2D eigenvalue weighted by Gasteiger charge is -2.34. The number of para-hydroxylation sites is 1. The van der Waals surface area contributed by atoms with Crippen molar-refractivity contribution in [3.63, 3.8) is 0 Å². The number of aromatic amines is 1. The molecule has 11 heteroatoms. The molecule has 4 aromatic rings. The van der Waals surface area contributed by atoms with Gasteiger partial charge in [-0.25, -0.2) is 13.4 Å². The number of fused-ring (bicyclic) bond motifs is 1. The third-order valence-electron chi connectivity index (χ3n) is 6.25. The van der Waals surface area contributed by atoms with Crippen molar-refractivity contribution in [2.45, 2.75) is 4.90 Å². The number of hydrogen-bond donors (Lipinski definition) is 3. The fraction of sp³-hybridized carbons (Fsp3) is 0.280. The molecule has 5 rings (SSSR count). The van der Waals surface area contributed by atoms with E-state index in [-0.39, 0.29) is 4.90 Å². The number of anilines is 5. The fourth-order valence-corrected chi connectivity index (χ4v) is 5.12. The molecule has 0 amide bonds. The predicted molar refractivity (Wildman–Crippen MR) is 143 cm³/mol. The minimum atomic E-state index is -3.43. The first kappa shape index (κ1) is 23.9. The summed E-state index contributed by atoms with van der Waals surface area (Å²) in [6.07, 6.45) is 2.95. The van der Waals surface area contributed by atoms with Crippen LogP contribution in [0.15, 0.2) is 59.6 Å². The van der Waals surface area contributed by atoms with Crippen LogP contribution in [-0.4, -0.2) is 74.9 Å². The molecule has 0 unspecified atom stereocenters. The van der Waals surface area contributed by atoms with Crippen LogP contribution in [0.3, 0.4) is 0 Å². The average Bonchev–Trinajstić information content (AvgIpc) is 3.34. The fourth-order valence-electron chi connectivity index (χ4n) is 4.28. The predicted octanol–water partition coefficient (Wildman–Crippen LogP) is 3.61. The summed E-state index contributed by atoms with van der Waals surface area (Å²) >= 11 is 0. The van der Waals surface area contributed by atoms with Crippen molar-refractivity contribution < 1.29 is 13.2 Å². The monoisotopic (exact) mass is 507 g/mol. The van der Waals surface area contributed by atoms with Crippen molar-refractivity contribution in [1.82, 2.24) is 19.9 Å². The topological polar surface area (TPSA) is 115 Å². The number of ether oxygens (including phenoxy) is 1. The van der Waals surface area contributed by atoms with Crippen LogP contribution in [0, 0.1) is 0 Å². The molecule has 10 nitrogen and oxygen atoms in total. The van der Waals surface area contributed by atoms with E-state index in [0.717, 1.165) is 37.6 Å². The number of aromatic nitrogens is 3. The van der Waals surface area contributed by atoms with Crippen LogP contribution in [0.2, 0.25) is 0 Å². The number of nitrogens with zero attached hydrogens (tertiary/aromatic N) is 4. The zero-order chi connectivity index (χ0) is 25.3. The van der Waals surface area contributed by atoms with Gasteiger partial charge < -0.3 is 30.2 Å². The normalized spacial score (nSPS) is 14.7. The van der Waals surface area contributed by atoms with Crippen molar-refractivity contribution in [1.29, 1.82) is 0 Å². The van der Waals surface area contributed by atoms with Crippen LogP contribution in [0.4, 0.5) is 28.8 Å². The molecular weight excluding hydrogens is 478 g/mol. The minimum Gasteiger partial charge on any atom is -0.494 e. The second-order valence-corrected chi connectivity index (χ2v) is 10.8. The molecule has 3 N–H and O–H groups in total. The molecule has 0 saturated carbocycles. The molecule has 2 aromatic heterocycles. The average molecular weight is 508 g/mol. The Hall–Kier alpha value is -3.83. The summed E-state index contributed by atoms with van der Waals surface area (Å²) in [7, 11) is 0.340. The molecule has 1 aliphatic heterocycles. The summed E-state index contributed by atoms with van der Waals surface area (Å²) in [5.74, 6) is 1.49. The Labute approximate surface area is 210 Å². The standard InChI is InChI=1S/C25H29N7O3S/c1-31-12-14-32(15-13-31)17-8-9-18(21(16-17)35-2)28-25-29-20-10-11-26-23(20)24(30-25)27-19-6-4-5-7-22(19)36(3,33)34/h4-11,16,26H,12-15H2,1-3H3,(H2,27,28,29,30). The Morgan fingerprint density at radius 2 is 1.75 bits per heavy atom. The van der Waals surface area contributed by atoms with Gasteiger partial charge in [-0.3, -0.25) is 0 Å². The van der Waals surface area contributed by atoms with Crippen LogP contribution in [-0.2, 0) is 9.84 Å². The molecule has 1 saturated heterocycles. The number of hydrogen-bond acceptors (Lipinski definition) is 9. The van der Waals surface area contributed by atoms with E-state index < -0.39 is 9.84 Å². The molecule has 0 aliphatic carbocycles. The van der Waals surface area contributed by atoms with Gasteiger partial charge in [0.1, 0.15) is 11.3 Å². The highest BCUT2D eigenvalue weighted by molar-refractivity contribution is 7.90. The molecule has 1 fully saturated rings. The summed E-state index contributed by atoms with van der Waals surface area (Å²) in [4.78, 5) is 17.3. The van der Waals surface area contributed by atoms with E-state index in [1.165, 1.54) is 6.26 Å². The lowest BCUT2D eigenvalue weighted by atomic mass is 10.2. The van der Waals surface area contributed by atoms with Crippen molar-refractivity contribution in [2.75, 3.05) is 62.1 Å². The Balaban J connectivity index is 1.46. The van der Waals surface area contributed by atoms with Gasteiger partial charge in [-0.1, -0.05) is 12.1 Å². The van der Waals surface area contributed by atoms with Crippen molar-refractivity contribution >= 4 is 49.7 Å². The summed E-state index contributed by atoms with van der Waals surface area (Å²) in [5.41, 5.74) is 3.62. The summed E-state index contributed by atoms with van der Waals surface area (Å²) in [6.45, 7) is 3.96. The first-order valence-corrected chi connectivity index (χ1v) is 13.5. The van der Waals surface area contributed by atoms with Gasteiger partial charge in [0, 0.05) is 50.4 Å². The summed E-state index contributed by atoms with van der Waals surface area (Å²) in [5, 5.41) is 6.44. The first-order valence-electron chi connectivity index (χ1n) is 11.6. The third kappa shape index (κ3) is 4.93. The Bertz CT molecular complexity index is 1490. The number of nitrogens with one attached hydrogen (secondary N) is 3. The maximum Gasteiger partial charge on any atom is 0.229 e. The van der Waals surface area contributed by atoms with Gasteiger partial charge in [0.15, 0.2) is 15.7 Å². The molecule has 0 radical (unpaired) electrons. The molecular formula is C25H29N7O3S. The number of likely N-dealkylation sites (N-methyl/N-ethyl adjacent to an activating group) is 1. The summed E-state index contributed by atoms with van der Waals surface area (Å²) < 4.78 is 30.2. The SMILES string of the molecule is COc1cc(N2CCN(C)CC2)ccc1Nc1nc(Nc2ccccc2S(C)(=O)=O)c2[nH]ccc2n1. The van der Waals surface area contributed by atoms with E-state index in [2.05, 4.69) is 48.5 Å². The van der Waals surface area contributed by atoms with Gasteiger partial charge in [0.2, 0.25) is 5.95 Å². The van der Waals surface area contributed by atoms with Crippen LogP contribution < -0.4 is 20.3 Å². The third-order valence-corrected chi connectivity index (χ3v) is 7.40. The van der Waals surface area contributed by atoms with Crippen LogP contribution in [0.5, 0.6) is 5.75 Å². The maximum atomic E-state index is 12.3. The van der Waals surface area contributed by atoms with Gasteiger partial charge in [0.25, 0.3) is 0 Å². The molecule has 1 aliphatic rings. The van der Waals surface area contributed by atoms with Crippen molar-refractivity contribution in [3.8, 4) is 5.75 Å². The number of rotatable bonds is 7. The summed E-state index contributed by atoms with van der Waals surface area (Å²) in [6, 6.07) is 14.6. The number of H-pyrrole nitrogens is 1. The van der Waals surface area contributed by atoms with Crippen molar-refractivity contribution in [2.24, 2.45) is 0 Å². The number of benzene rings is 2. The molecule has 188 valence electrons. The lowest BCUT2D eigenvalue weighted by Crippen LogP contribution is -2.44. The number of methoxy groups -OCH3 is 1. The zero-order valence-electron chi connectivity index (χ0n) is 20.4. The first-order chi connectivity index (χ1) is 17.3. The van der Waals surface area contributed by atoms with Gasteiger partial charge in [-0.2, -0.15) is 4.98 Å². The molecule has 3 heterocycles. The van der Waals surface area contributed by atoms with Crippen molar-refractivity contribution in [3.05, 3.63) is 54.7 Å². The van der Waals surface area contributed by atoms with E-state index in [4.69, 9.17) is 4.74 Å². The quantitative estimate of drug-likeness (QED) is 0.345. The highest BCUT2D eigenvalue weighted by Gasteiger charge is 2.18. The van der Waals surface area contributed by atoms with Gasteiger partial charge in [-0.15, -0.1) is 0 Å². The highest BCUT2D eigenvalue weighted by Crippen LogP contribution is 2.33. The highest BCUT2D eigenvalue weighted by atomic mass is 32.2. The minimum absolute atomic E-state index is 0.194.